The number of hydrogen-bond donors (Lipinski definition) is 3. The Morgan fingerprint density at radius 2 is 1.45 bits per heavy atom. The van der Waals surface area contributed by atoms with E-state index >= 15 is 0 Å². The maximum Gasteiger partial charge on any atom is 0.407 e. The van der Waals surface area contributed by atoms with Gasteiger partial charge in [-0.15, -0.1) is 0 Å². The van der Waals surface area contributed by atoms with Crippen LogP contribution in [0.5, 0.6) is 0 Å². The topological polar surface area (TPSA) is 142 Å². The summed E-state index contributed by atoms with van der Waals surface area (Å²) in [7, 11) is -1.75. The molecule has 4 rings (SSSR count). The highest BCUT2D eigenvalue weighted by atomic mass is 32.2. The highest BCUT2D eigenvalue weighted by Crippen LogP contribution is 2.44. The van der Waals surface area contributed by atoms with E-state index in [1.807, 2.05) is 78.9 Å². The van der Waals surface area contributed by atoms with Gasteiger partial charge in [0, 0.05) is 25.3 Å². The van der Waals surface area contributed by atoms with Crippen LogP contribution in [-0.4, -0.2) is 80.7 Å². The predicted octanol–water partition coefficient (Wildman–Crippen LogP) is 3.03. The van der Waals surface area contributed by atoms with Crippen molar-refractivity contribution in [2.24, 2.45) is 0 Å². The van der Waals surface area contributed by atoms with Gasteiger partial charge in [0.05, 0.1) is 5.75 Å². The first-order valence-corrected chi connectivity index (χ1v) is 15.6. The molecule has 222 valence electrons. The molecule has 0 fully saturated rings. The third-order valence-electron chi connectivity index (χ3n) is 7.13. The molecular weight excluding hydrogens is 558 g/mol. The molecule has 3 N–H and O–H groups in total. The van der Waals surface area contributed by atoms with Gasteiger partial charge >= 0.3 is 12.1 Å². The third-order valence-corrected chi connectivity index (χ3v) is 8.11. The van der Waals surface area contributed by atoms with Gasteiger partial charge in [0.2, 0.25) is 5.91 Å². The number of benzene rings is 3. The molecule has 0 spiro atoms. The van der Waals surface area contributed by atoms with E-state index in [0.717, 1.165) is 34.1 Å². The summed E-state index contributed by atoms with van der Waals surface area (Å²) in [5.74, 6) is -2.66. The number of amides is 2. The van der Waals surface area contributed by atoms with E-state index in [-0.39, 0.29) is 31.2 Å². The second kappa shape index (κ2) is 13.6. The molecule has 2 atom stereocenters. The average molecular weight is 594 g/mol. The van der Waals surface area contributed by atoms with Crippen LogP contribution in [-0.2, 0) is 30.7 Å². The number of carbonyl (C=O) groups excluding carboxylic acids is 2. The van der Waals surface area contributed by atoms with E-state index in [9.17, 15) is 27.9 Å². The van der Waals surface area contributed by atoms with Crippen LogP contribution in [0.2, 0.25) is 0 Å². The number of sulfone groups is 1. The molecule has 11 heteroatoms. The SMILES string of the molecule is CN(Cc1ccccc1)CC(NC(=O)C(CCS(C)(=O)=O)NC(=O)OCC1c2ccccc2-c2ccccc21)C(=O)O. The van der Waals surface area contributed by atoms with E-state index in [1.54, 1.807) is 11.9 Å². The van der Waals surface area contributed by atoms with Crippen molar-refractivity contribution in [1.82, 2.24) is 15.5 Å². The average Bonchev–Trinajstić information content (AvgIpc) is 3.27. The van der Waals surface area contributed by atoms with Crippen molar-refractivity contribution in [2.45, 2.75) is 31.0 Å². The molecule has 10 nitrogen and oxygen atoms in total. The Labute approximate surface area is 245 Å². The second-order valence-electron chi connectivity index (χ2n) is 10.5. The van der Waals surface area contributed by atoms with Gasteiger partial charge in [-0.05, 0) is 41.3 Å². The normalized spacial score (nSPS) is 14.0. The smallest absolute Gasteiger partial charge is 0.407 e. The van der Waals surface area contributed by atoms with Gasteiger partial charge in [-0.2, -0.15) is 0 Å². The van der Waals surface area contributed by atoms with Crippen LogP contribution in [0, 0.1) is 0 Å². The monoisotopic (exact) mass is 593 g/mol. The lowest BCUT2D eigenvalue weighted by Crippen LogP contribution is -2.54. The molecule has 0 aliphatic heterocycles. The first-order chi connectivity index (χ1) is 20.0. The van der Waals surface area contributed by atoms with E-state index in [0.29, 0.717) is 6.54 Å². The minimum absolute atomic E-state index is 0.00229. The number of carbonyl (C=O) groups is 3. The quantitative estimate of drug-likeness (QED) is 0.275. The molecular formula is C31H35N3O7S. The Hall–Kier alpha value is -4.22. The highest BCUT2D eigenvalue weighted by molar-refractivity contribution is 7.90. The zero-order chi connectivity index (χ0) is 30.3. The summed E-state index contributed by atoms with van der Waals surface area (Å²) < 4.78 is 29.2. The van der Waals surface area contributed by atoms with Crippen LogP contribution in [0.15, 0.2) is 78.9 Å². The maximum atomic E-state index is 13.2. The largest absolute Gasteiger partial charge is 0.480 e. The predicted molar refractivity (Wildman–Crippen MR) is 159 cm³/mol. The van der Waals surface area contributed by atoms with Crippen LogP contribution in [0.3, 0.4) is 0 Å². The maximum absolute atomic E-state index is 13.2. The molecule has 1 aliphatic rings. The van der Waals surface area contributed by atoms with Gasteiger partial charge in [0.1, 0.15) is 28.5 Å². The van der Waals surface area contributed by atoms with Crippen molar-refractivity contribution in [1.29, 1.82) is 0 Å². The van der Waals surface area contributed by atoms with Crippen LogP contribution < -0.4 is 10.6 Å². The minimum Gasteiger partial charge on any atom is -0.480 e. The Balaban J connectivity index is 1.41. The van der Waals surface area contributed by atoms with Crippen LogP contribution in [0.25, 0.3) is 11.1 Å². The molecule has 0 bridgehead atoms. The summed E-state index contributed by atoms with van der Waals surface area (Å²) in [4.78, 5) is 39.8. The van der Waals surface area contributed by atoms with Crippen LogP contribution >= 0.6 is 0 Å². The van der Waals surface area contributed by atoms with Crippen LogP contribution in [0.4, 0.5) is 4.79 Å². The number of rotatable bonds is 13. The number of carboxylic acid groups (broad SMARTS) is 1. The summed E-state index contributed by atoms with van der Waals surface area (Å²) in [5, 5.41) is 14.7. The summed E-state index contributed by atoms with van der Waals surface area (Å²) in [6.07, 6.45) is -0.131. The number of fused-ring (bicyclic) bond motifs is 3. The summed E-state index contributed by atoms with van der Waals surface area (Å²) in [6.45, 7) is 0.442. The highest BCUT2D eigenvalue weighted by Gasteiger charge is 2.31. The molecule has 42 heavy (non-hydrogen) atoms. The first-order valence-electron chi connectivity index (χ1n) is 13.6. The molecule has 0 aromatic heterocycles. The number of alkyl carbamates (subject to hydrolysis) is 1. The van der Waals surface area contributed by atoms with E-state index in [2.05, 4.69) is 10.6 Å². The van der Waals surface area contributed by atoms with Crippen molar-refractivity contribution in [3.05, 3.63) is 95.6 Å². The Kier molecular flexibility index (Phi) is 9.97. The fourth-order valence-electron chi connectivity index (χ4n) is 5.11. The van der Waals surface area contributed by atoms with Crippen molar-refractivity contribution in [3.8, 4) is 11.1 Å². The molecule has 0 heterocycles. The van der Waals surface area contributed by atoms with Crippen molar-refractivity contribution in [2.75, 3.05) is 32.2 Å². The lowest BCUT2D eigenvalue weighted by atomic mass is 9.98. The van der Waals surface area contributed by atoms with E-state index < -0.39 is 39.9 Å². The molecule has 3 aromatic carbocycles. The molecule has 2 amide bonds. The zero-order valence-electron chi connectivity index (χ0n) is 23.5. The van der Waals surface area contributed by atoms with Gasteiger partial charge in [-0.25, -0.2) is 18.0 Å². The Bertz CT molecular complexity index is 1480. The number of nitrogens with one attached hydrogen (secondary N) is 2. The molecule has 1 aliphatic carbocycles. The van der Waals surface area contributed by atoms with Crippen molar-refractivity contribution < 1.29 is 32.6 Å². The number of carboxylic acids is 1. The van der Waals surface area contributed by atoms with Crippen molar-refractivity contribution >= 4 is 27.8 Å². The summed E-state index contributed by atoms with van der Waals surface area (Å²) in [6, 6.07) is 22.5. The molecule has 0 saturated heterocycles. The number of ether oxygens (including phenoxy) is 1. The standard InChI is InChI=1S/C31H35N3O7S/c1-34(18-21-10-4-3-5-11-21)19-28(30(36)37)32-29(35)27(16-17-42(2,39)40)33-31(38)41-20-26-24-14-8-6-12-22(24)23-13-7-9-15-25(23)26/h3-15,26-28H,16-20H2,1-2H3,(H,32,35)(H,33,38)(H,36,37). The number of hydrogen-bond acceptors (Lipinski definition) is 7. The Morgan fingerprint density at radius 3 is 2.02 bits per heavy atom. The fourth-order valence-corrected chi connectivity index (χ4v) is 5.78. The fraction of sp³-hybridized carbons (Fsp3) is 0.323. The molecule has 2 unspecified atom stereocenters. The number of aliphatic carboxylic acids is 1. The lowest BCUT2D eigenvalue weighted by molar-refractivity contribution is -0.142. The number of likely N-dealkylation sites (N-methyl/N-ethyl adjacent to an activating group) is 1. The van der Waals surface area contributed by atoms with Crippen LogP contribution in [0.1, 0.15) is 29.0 Å². The zero-order valence-corrected chi connectivity index (χ0v) is 24.3. The summed E-state index contributed by atoms with van der Waals surface area (Å²) >= 11 is 0. The molecule has 3 aromatic rings. The molecule has 0 radical (unpaired) electrons. The third kappa shape index (κ3) is 8.17. The minimum atomic E-state index is -3.48. The van der Waals surface area contributed by atoms with E-state index in [1.165, 1.54) is 0 Å². The van der Waals surface area contributed by atoms with Gasteiger partial charge in [-0.1, -0.05) is 78.9 Å². The second-order valence-corrected chi connectivity index (χ2v) is 12.8. The number of nitrogens with zero attached hydrogens (tertiary/aromatic N) is 1. The van der Waals surface area contributed by atoms with Gasteiger partial charge < -0.3 is 20.5 Å². The van der Waals surface area contributed by atoms with E-state index in [4.69, 9.17) is 4.74 Å². The van der Waals surface area contributed by atoms with Gasteiger partial charge in [0.25, 0.3) is 0 Å². The van der Waals surface area contributed by atoms with Gasteiger partial charge in [0.15, 0.2) is 0 Å². The lowest BCUT2D eigenvalue weighted by Gasteiger charge is -2.25. The first kappa shape index (κ1) is 30.7. The summed E-state index contributed by atoms with van der Waals surface area (Å²) in [5.41, 5.74) is 5.12. The molecule has 0 saturated carbocycles. The Morgan fingerprint density at radius 1 is 0.881 bits per heavy atom. The van der Waals surface area contributed by atoms with Gasteiger partial charge in [-0.3, -0.25) is 9.69 Å². The van der Waals surface area contributed by atoms with Crippen molar-refractivity contribution in [3.63, 3.8) is 0 Å².